The molecule has 146 valence electrons. The Kier molecular flexibility index (Phi) is 7.11. The number of aromatic nitrogens is 2. The molecule has 2 aromatic heterocycles. The fraction of sp³-hybridized carbons (Fsp3) is 0.286. The second-order valence-corrected chi connectivity index (χ2v) is 7.00. The van der Waals surface area contributed by atoms with Crippen LogP contribution in [0.4, 0.5) is 10.8 Å². The first-order valence-corrected chi connectivity index (χ1v) is 10.2. The summed E-state index contributed by atoms with van der Waals surface area (Å²) in [6.45, 7) is 7.25. The Morgan fingerprint density at radius 3 is 2.64 bits per heavy atom. The standard InChI is InChI=1S/C21H24N4O2S/c1-3-25(4-2)12-13-27-20(26)16-7-9-18(10-8-16)23-21-24-19(15-28-21)17-6-5-11-22-14-17/h5-11,14-15H,3-4,12-13H2,1-2H3,(H,23,24). The number of esters is 1. The van der Waals surface area contributed by atoms with E-state index in [2.05, 4.69) is 34.0 Å². The number of likely N-dealkylation sites (N-methyl/N-ethyl adjacent to an activating group) is 1. The lowest BCUT2D eigenvalue weighted by atomic mass is 10.2. The van der Waals surface area contributed by atoms with Gasteiger partial charge in [-0.2, -0.15) is 0 Å². The number of nitrogens with zero attached hydrogens (tertiary/aromatic N) is 3. The van der Waals surface area contributed by atoms with Crippen molar-refractivity contribution < 1.29 is 9.53 Å². The van der Waals surface area contributed by atoms with Crippen molar-refractivity contribution in [3.05, 3.63) is 59.7 Å². The van der Waals surface area contributed by atoms with E-state index in [1.165, 1.54) is 11.3 Å². The van der Waals surface area contributed by atoms with Crippen LogP contribution in [-0.2, 0) is 4.74 Å². The van der Waals surface area contributed by atoms with E-state index in [-0.39, 0.29) is 5.97 Å². The van der Waals surface area contributed by atoms with Crippen LogP contribution in [-0.4, -0.2) is 47.1 Å². The van der Waals surface area contributed by atoms with Gasteiger partial charge < -0.3 is 15.0 Å². The number of pyridine rings is 1. The van der Waals surface area contributed by atoms with E-state index in [4.69, 9.17) is 4.74 Å². The molecule has 0 saturated carbocycles. The maximum Gasteiger partial charge on any atom is 0.338 e. The van der Waals surface area contributed by atoms with E-state index in [9.17, 15) is 4.79 Å². The number of thiazole rings is 1. The molecular weight excluding hydrogens is 372 g/mol. The van der Waals surface area contributed by atoms with Crippen LogP contribution >= 0.6 is 11.3 Å². The molecule has 0 aliphatic carbocycles. The second kappa shape index (κ2) is 9.96. The van der Waals surface area contributed by atoms with E-state index in [0.29, 0.717) is 12.2 Å². The molecule has 6 nitrogen and oxygen atoms in total. The molecule has 1 aromatic carbocycles. The van der Waals surface area contributed by atoms with Gasteiger partial charge in [0.15, 0.2) is 5.13 Å². The molecule has 0 unspecified atom stereocenters. The monoisotopic (exact) mass is 396 g/mol. The third-order valence-corrected chi connectivity index (χ3v) is 5.13. The highest BCUT2D eigenvalue weighted by molar-refractivity contribution is 7.14. The highest BCUT2D eigenvalue weighted by Gasteiger charge is 2.09. The molecule has 0 amide bonds. The Morgan fingerprint density at radius 2 is 1.96 bits per heavy atom. The molecule has 1 N–H and O–H groups in total. The van der Waals surface area contributed by atoms with Crippen molar-refractivity contribution in [3.8, 4) is 11.3 Å². The molecule has 3 rings (SSSR count). The van der Waals surface area contributed by atoms with Crippen molar-refractivity contribution in [2.24, 2.45) is 0 Å². The van der Waals surface area contributed by atoms with E-state index in [0.717, 1.165) is 41.7 Å². The second-order valence-electron chi connectivity index (χ2n) is 6.14. The van der Waals surface area contributed by atoms with Gasteiger partial charge in [-0.25, -0.2) is 9.78 Å². The fourth-order valence-electron chi connectivity index (χ4n) is 2.68. The molecule has 2 heterocycles. The lowest BCUT2D eigenvalue weighted by Gasteiger charge is -2.17. The van der Waals surface area contributed by atoms with Crippen LogP contribution in [0.2, 0.25) is 0 Å². The summed E-state index contributed by atoms with van der Waals surface area (Å²) in [5, 5.41) is 6.03. The van der Waals surface area contributed by atoms with Crippen molar-refractivity contribution >= 4 is 28.1 Å². The first kappa shape index (κ1) is 20.0. The van der Waals surface area contributed by atoms with Crippen molar-refractivity contribution in [1.82, 2.24) is 14.9 Å². The van der Waals surface area contributed by atoms with Gasteiger partial charge >= 0.3 is 5.97 Å². The van der Waals surface area contributed by atoms with Gasteiger partial charge in [0.2, 0.25) is 0 Å². The minimum atomic E-state index is -0.299. The van der Waals surface area contributed by atoms with E-state index in [1.807, 2.05) is 29.6 Å². The molecule has 0 radical (unpaired) electrons. The van der Waals surface area contributed by atoms with Crippen molar-refractivity contribution in [3.63, 3.8) is 0 Å². The summed E-state index contributed by atoms with van der Waals surface area (Å²) in [6, 6.07) is 11.1. The molecule has 0 spiro atoms. The predicted octanol–water partition coefficient (Wildman–Crippen LogP) is 4.45. The maximum absolute atomic E-state index is 12.2. The molecule has 3 aromatic rings. The van der Waals surface area contributed by atoms with Crippen LogP contribution in [0.15, 0.2) is 54.2 Å². The van der Waals surface area contributed by atoms with Crippen LogP contribution in [0.5, 0.6) is 0 Å². The highest BCUT2D eigenvalue weighted by atomic mass is 32.1. The van der Waals surface area contributed by atoms with Crippen LogP contribution in [0.25, 0.3) is 11.3 Å². The third-order valence-electron chi connectivity index (χ3n) is 4.37. The number of nitrogens with one attached hydrogen (secondary N) is 1. The maximum atomic E-state index is 12.2. The smallest absolute Gasteiger partial charge is 0.338 e. The van der Waals surface area contributed by atoms with Gasteiger partial charge in [-0.1, -0.05) is 13.8 Å². The van der Waals surface area contributed by atoms with E-state index >= 15 is 0 Å². The summed E-state index contributed by atoms with van der Waals surface area (Å²) in [5.41, 5.74) is 3.27. The summed E-state index contributed by atoms with van der Waals surface area (Å²) in [4.78, 5) is 23.1. The molecule has 0 saturated heterocycles. The third kappa shape index (κ3) is 5.37. The zero-order valence-corrected chi connectivity index (χ0v) is 16.9. The first-order chi connectivity index (χ1) is 13.7. The number of carbonyl (C=O) groups excluding carboxylic acids is 1. The van der Waals surface area contributed by atoms with Gasteiger partial charge in [0.05, 0.1) is 11.3 Å². The average molecular weight is 397 g/mol. The normalized spacial score (nSPS) is 10.8. The summed E-state index contributed by atoms with van der Waals surface area (Å²) in [6.07, 6.45) is 3.53. The first-order valence-electron chi connectivity index (χ1n) is 9.32. The quantitative estimate of drug-likeness (QED) is 0.539. The van der Waals surface area contributed by atoms with Gasteiger partial charge in [0.1, 0.15) is 6.61 Å². The number of hydrogen-bond donors (Lipinski definition) is 1. The lowest BCUT2D eigenvalue weighted by Crippen LogP contribution is -2.27. The number of anilines is 2. The average Bonchev–Trinajstić information content (AvgIpc) is 3.21. The minimum absolute atomic E-state index is 0.299. The summed E-state index contributed by atoms with van der Waals surface area (Å²) in [5.74, 6) is -0.299. The molecule has 0 fully saturated rings. The summed E-state index contributed by atoms with van der Waals surface area (Å²) in [7, 11) is 0. The molecule has 0 bridgehead atoms. The fourth-order valence-corrected chi connectivity index (χ4v) is 3.42. The summed E-state index contributed by atoms with van der Waals surface area (Å²) < 4.78 is 5.36. The molecule has 28 heavy (non-hydrogen) atoms. The summed E-state index contributed by atoms with van der Waals surface area (Å²) >= 11 is 1.52. The zero-order chi connectivity index (χ0) is 19.8. The topological polar surface area (TPSA) is 67.3 Å². The van der Waals surface area contributed by atoms with E-state index < -0.39 is 0 Å². The molecule has 0 aliphatic heterocycles. The van der Waals surface area contributed by atoms with Gasteiger partial charge in [-0.3, -0.25) is 4.98 Å². The van der Waals surface area contributed by atoms with Gasteiger partial charge in [-0.15, -0.1) is 11.3 Å². The van der Waals surface area contributed by atoms with Crippen LogP contribution < -0.4 is 5.32 Å². The number of rotatable bonds is 9. The SMILES string of the molecule is CCN(CC)CCOC(=O)c1ccc(Nc2nc(-c3cccnc3)cs2)cc1. The van der Waals surface area contributed by atoms with Gasteiger partial charge in [0.25, 0.3) is 0 Å². The van der Waals surface area contributed by atoms with Crippen molar-refractivity contribution in [1.29, 1.82) is 0 Å². The Balaban J connectivity index is 1.54. The number of benzene rings is 1. The number of ether oxygens (including phenoxy) is 1. The molecule has 0 aliphatic rings. The Hall–Kier alpha value is -2.77. The highest BCUT2D eigenvalue weighted by Crippen LogP contribution is 2.26. The Morgan fingerprint density at radius 1 is 1.18 bits per heavy atom. The largest absolute Gasteiger partial charge is 0.461 e. The van der Waals surface area contributed by atoms with Crippen LogP contribution in [0, 0.1) is 0 Å². The lowest BCUT2D eigenvalue weighted by molar-refractivity contribution is 0.0466. The van der Waals surface area contributed by atoms with Crippen molar-refractivity contribution in [2.75, 3.05) is 31.6 Å². The van der Waals surface area contributed by atoms with Crippen LogP contribution in [0.1, 0.15) is 24.2 Å². The van der Waals surface area contributed by atoms with Crippen molar-refractivity contribution in [2.45, 2.75) is 13.8 Å². The predicted molar refractivity (Wildman–Crippen MR) is 113 cm³/mol. The molecule has 0 atom stereocenters. The molecule has 7 heteroatoms. The zero-order valence-electron chi connectivity index (χ0n) is 16.1. The number of carbonyl (C=O) groups is 1. The minimum Gasteiger partial charge on any atom is -0.461 e. The Bertz CT molecular complexity index is 877. The Labute approximate surface area is 169 Å². The van der Waals surface area contributed by atoms with Crippen LogP contribution in [0.3, 0.4) is 0 Å². The van der Waals surface area contributed by atoms with Gasteiger partial charge in [0, 0.05) is 35.6 Å². The van der Waals surface area contributed by atoms with E-state index in [1.54, 1.807) is 24.5 Å². The number of hydrogen-bond acceptors (Lipinski definition) is 7. The molecular formula is C21H24N4O2S. The van der Waals surface area contributed by atoms with Gasteiger partial charge in [-0.05, 0) is 49.5 Å².